The van der Waals surface area contributed by atoms with Crippen molar-refractivity contribution in [3.63, 3.8) is 0 Å². The highest BCUT2D eigenvalue weighted by atomic mass is 35.5. The number of alkyl carbamates (subject to hydrolysis) is 1. The van der Waals surface area contributed by atoms with Crippen LogP contribution >= 0.6 is 11.6 Å². The number of nitrogens with one attached hydrogen (secondary N) is 4. The highest BCUT2D eigenvalue weighted by Crippen LogP contribution is 2.14. The van der Waals surface area contributed by atoms with E-state index in [0.717, 1.165) is 0 Å². The van der Waals surface area contributed by atoms with Gasteiger partial charge in [-0.2, -0.15) is 0 Å². The maximum Gasteiger partial charge on any atom is 0.407 e. The number of ether oxygens (including phenoxy) is 1. The zero-order valence-corrected chi connectivity index (χ0v) is 17.7. The number of carbonyl (C=O) groups is 2. The average molecular weight is 412 g/mol. The van der Waals surface area contributed by atoms with Gasteiger partial charge in [0.25, 0.3) is 5.91 Å². The first-order chi connectivity index (χ1) is 13.2. The Hall–Kier alpha value is -2.48. The van der Waals surface area contributed by atoms with Crippen LogP contribution in [0.15, 0.2) is 29.3 Å². The van der Waals surface area contributed by atoms with Crippen LogP contribution in [-0.4, -0.2) is 56.8 Å². The minimum atomic E-state index is -0.504. The van der Waals surface area contributed by atoms with E-state index in [1.165, 1.54) is 0 Å². The molecular formula is C19H30ClN5O3. The van der Waals surface area contributed by atoms with E-state index in [2.05, 4.69) is 26.3 Å². The quantitative estimate of drug-likeness (QED) is 0.298. The van der Waals surface area contributed by atoms with Crippen LogP contribution in [0.2, 0.25) is 5.02 Å². The molecule has 0 fully saturated rings. The Morgan fingerprint density at radius 2 is 1.61 bits per heavy atom. The molecule has 0 unspecified atom stereocenters. The second-order valence-electron chi connectivity index (χ2n) is 6.94. The molecule has 0 atom stereocenters. The molecule has 0 radical (unpaired) electrons. The van der Waals surface area contributed by atoms with Crippen LogP contribution in [0.25, 0.3) is 0 Å². The fraction of sp³-hybridized carbons (Fsp3) is 0.526. The summed E-state index contributed by atoms with van der Waals surface area (Å²) < 4.78 is 5.16. The van der Waals surface area contributed by atoms with E-state index in [9.17, 15) is 9.59 Å². The number of hydrogen-bond acceptors (Lipinski definition) is 4. The van der Waals surface area contributed by atoms with Gasteiger partial charge in [-0.05, 0) is 39.3 Å². The molecule has 4 N–H and O–H groups in total. The predicted molar refractivity (Wildman–Crippen MR) is 112 cm³/mol. The normalized spacial score (nSPS) is 11.5. The van der Waals surface area contributed by atoms with E-state index >= 15 is 0 Å². The fourth-order valence-corrected chi connectivity index (χ4v) is 2.34. The first-order valence-electron chi connectivity index (χ1n) is 9.17. The predicted octanol–water partition coefficient (Wildman–Crippen LogP) is 2.15. The molecule has 28 heavy (non-hydrogen) atoms. The van der Waals surface area contributed by atoms with Gasteiger partial charge in [-0.1, -0.05) is 23.7 Å². The highest BCUT2D eigenvalue weighted by molar-refractivity contribution is 6.33. The molecule has 0 heterocycles. The maximum absolute atomic E-state index is 12.1. The zero-order chi connectivity index (χ0) is 21.0. The number of hydrogen-bond donors (Lipinski definition) is 4. The van der Waals surface area contributed by atoms with Crippen molar-refractivity contribution in [2.45, 2.75) is 32.8 Å². The number of carbonyl (C=O) groups excluding carboxylic acids is 2. The summed E-state index contributed by atoms with van der Waals surface area (Å²) in [5.41, 5.74) is -0.0561. The van der Waals surface area contributed by atoms with Gasteiger partial charge in [-0.25, -0.2) is 4.79 Å². The summed E-state index contributed by atoms with van der Waals surface area (Å²) in [6.45, 7) is 7.51. The van der Waals surface area contributed by atoms with Crippen molar-refractivity contribution in [3.8, 4) is 0 Å². The molecule has 0 aliphatic rings. The van der Waals surface area contributed by atoms with Gasteiger partial charge >= 0.3 is 6.09 Å². The summed E-state index contributed by atoms with van der Waals surface area (Å²) in [6.07, 6.45) is 0.285. The largest absolute Gasteiger partial charge is 0.444 e. The molecule has 0 aromatic heterocycles. The van der Waals surface area contributed by atoms with Crippen molar-refractivity contribution >= 4 is 29.6 Å². The molecule has 0 aliphatic heterocycles. The Kier molecular flexibility index (Phi) is 10.2. The second kappa shape index (κ2) is 12.1. The Balaban J connectivity index is 2.16. The first kappa shape index (κ1) is 23.6. The fourth-order valence-electron chi connectivity index (χ4n) is 2.12. The molecule has 8 nitrogen and oxygen atoms in total. The lowest BCUT2D eigenvalue weighted by Gasteiger charge is -2.19. The summed E-state index contributed by atoms with van der Waals surface area (Å²) >= 11 is 6.00. The van der Waals surface area contributed by atoms with Crippen molar-refractivity contribution in [2.24, 2.45) is 4.99 Å². The molecule has 0 saturated carbocycles. The molecule has 1 aromatic rings. The summed E-state index contributed by atoms with van der Waals surface area (Å²) in [5, 5.41) is 12.1. The first-order valence-corrected chi connectivity index (χ1v) is 9.55. The van der Waals surface area contributed by atoms with E-state index in [4.69, 9.17) is 16.3 Å². The Morgan fingerprint density at radius 3 is 2.25 bits per heavy atom. The molecule has 2 amide bonds. The summed E-state index contributed by atoms with van der Waals surface area (Å²) in [7, 11) is 1.66. The van der Waals surface area contributed by atoms with Gasteiger partial charge in [-0.15, -0.1) is 0 Å². The number of benzene rings is 1. The van der Waals surface area contributed by atoms with Gasteiger partial charge in [-0.3, -0.25) is 9.79 Å². The van der Waals surface area contributed by atoms with Gasteiger partial charge in [0.2, 0.25) is 0 Å². The number of guanidine groups is 1. The summed E-state index contributed by atoms with van der Waals surface area (Å²) in [5.74, 6) is 0.396. The van der Waals surface area contributed by atoms with E-state index in [-0.39, 0.29) is 5.91 Å². The molecule has 0 bridgehead atoms. The summed E-state index contributed by atoms with van der Waals surface area (Å²) in [4.78, 5) is 27.7. The van der Waals surface area contributed by atoms with E-state index in [1.54, 1.807) is 31.3 Å². The lowest BCUT2D eigenvalue weighted by atomic mass is 10.2. The minimum absolute atomic E-state index is 0.219. The number of nitrogens with zero attached hydrogens (tertiary/aromatic N) is 1. The third-order valence-electron chi connectivity index (χ3n) is 3.36. The Morgan fingerprint density at radius 1 is 1.00 bits per heavy atom. The SMILES string of the molecule is CN=C(NCCCNC(=O)OC(C)(C)C)NCCNC(=O)c1ccccc1Cl. The third kappa shape index (κ3) is 10.0. The standard InChI is InChI=1S/C19H30ClN5O3/c1-19(2,3)28-18(27)25-11-7-10-23-17(21-4)24-13-12-22-16(26)14-8-5-6-9-15(14)20/h5-6,8-9H,7,10-13H2,1-4H3,(H,22,26)(H,25,27)(H2,21,23,24). The van der Waals surface area contributed by atoms with Gasteiger partial charge in [0, 0.05) is 33.2 Å². The molecule has 0 aliphatic carbocycles. The van der Waals surface area contributed by atoms with E-state index in [1.807, 2.05) is 20.8 Å². The third-order valence-corrected chi connectivity index (χ3v) is 3.69. The Labute approximate surface area is 171 Å². The number of aliphatic imine (C=N–C) groups is 1. The molecule has 9 heteroatoms. The Bertz CT molecular complexity index is 674. The lowest BCUT2D eigenvalue weighted by Crippen LogP contribution is -2.42. The topological polar surface area (TPSA) is 104 Å². The van der Waals surface area contributed by atoms with Crippen LogP contribution in [0, 0.1) is 0 Å². The van der Waals surface area contributed by atoms with Crippen molar-refractivity contribution in [1.29, 1.82) is 0 Å². The maximum atomic E-state index is 12.1. The van der Waals surface area contributed by atoms with Crippen LogP contribution < -0.4 is 21.3 Å². The molecule has 1 rings (SSSR count). The number of amides is 2. The lowest BCUT2D eigenvalue weighted by molar-refractivity contribution is 0.0527. The van der Waals surface area contributed by atoms with Gasteiger partial charge in [0.05, 0.1) is 10.6 Å². The van der Waals surface area contributed by atoms with Crippen molar-refractivity contribution in [2.75, 3.05) is 33.2 Å². The van der Waals surface area contributed by atoms with Crippen molar-refractivity contribution < 1.29 is 14.3 Å². The van der Waals surface area contributed by atoms with Crippen LogP contribution in [0.3, 0.4) is 0 Å². The van der Waals surface area contributed by atoms with Gasteiger partial charge < -0.3 is 26.0 Å². The number of halogens is 1. The van der Waals surface area contributed by atoms with Crippen LogP contribution in [0.1, 0.15) is 37.6 Å². The molecule has 156 valence electrons. The smallest absolute Gasteiger partial charge is 0.407 e. The number of rotatable bonds is 8. The second-order valence-corrected chi connectivity index (χ2v) is 7.35. The molecule has 1 aromatic carbocycles. The molecule has 0 saturated heterocycles. The highest BCUT2D eigenvalue weighted by Gasteiger charge is 2.15. The van der Waals surface area contributed by atoms with E-state index < -0.39 is 11.7 Å². The van der Waals surface area contributed by atoms with Gasteiger partial charge in [0.15, 0.2) is 5.96 Å². The minimum Gasteiger partial charge on any atom is -0.444 e. The zero-order valence-electron chi connectivity index (χ0n) is 16.9. The van der Waals surface area contributed by atoms with Crippen LogP contribution in [-0.2, 0) is 4.74 Å². The molecular weight excluding hydrogens is 382 g/mol. The van der Waals surface area contributed by atoms with Crippen LogP contribution in [0.4, 0.5) is 4.79 Å². The van der Waals surface area contributed by atoms with Gasteiger partial charge in [0.1, 0.15) is 5.60 Å². The van der Waals surface area contributed by atoms with Crippen LogP contribution in [0.5, 0.6) is 0 Å². The van der Waals surface area contributed by atoms with Crippen molar-refractivity contribution in [1.82, 2.24) is 21.3 Å². The summed E-state index contributed by atoms with van der Waals surface area (Å²) in [6, 6.07) is 6.90. The van der Waals surface area contributed by atoms with Crippen molar-refractivity contribution in [3.05, 3.63) is 34.9 Å². The monoisotopic (exact) mass is 411 g/mol. The average Bonchev–Trinajstić information content (AvgIpc) is 2.61. The van der Waals surface area contributed by atoms with E-state index in [0.29, 0.717) is 49.1 Å². The molecule has 0 spiro atoms.